The van der Waals surface area contributed by atoms with Gasteiger partial charge in [-0.05, 0) is 18.6 Å². The fourth-order valence-electron chi connectivity index (χ4n) is 2.78. The largest absolute Gasteiger partial charge is 0.415 e. The minimum Gasteiger partial charge on any atom is -0.368 e. The third kappa shape index (κ3) is 2.54. The van der Waals surface area contributed by atoms with Crippen molar-refractivity contribution in [3.05, 3.63) is 29.3 Å². The summed E-state index contributed by atoms with van der Waals surface area (Å²) >= 11 is 0. The molecule has 3 rings (SSSR count). The van der Waals surface area contributed by atoms with Crippen LogP contribution in [0.25, 0.3) is 0 Å². The summed E-state index contributed by atoms with van der Waals surface area (Å²) in [6, 6.07) is 4.74. The average Bonchev–Trinajstić information content (AvgIpc) is 3.06. The van der Waals surface area contributed by atoms with Crippen LogP contribution in [0.15, 0.2) is 18.2 Å². The van der Waals surface area contributed by atoms with Crippen LogP contribution in [0, 0.1) is 5.92 Å². The third-order valence-electron chi connectivity index (χ3n) is 3.86. The van der Waals surface area contributed by atoms with Crippen LogP contribution in [0.2, 0.25) is 0 Å². The van der Waals surface area contributed by atoms with E-state index >= 15 is 0 Å². The highest BCUT2D eigenvalue weighted by molar-refractivity contribution is 6.02. The molecule has 8 heteroatoms. The maximum Gasteiger partial charge on any atom is 0.415 e. The maximum atomic E-state index is 12.8. The number of amides is 2. The van der Waals surface area contributed by atoms with Crippen LogP contribution in [0.4, 0.5) is 18.9 Å². The molecule has 0 aromatic heterocycles. The molecule has 0 radical (unpaired) electrons. The van der Waals surface area contributed by atoms with Gasteiger partial charge in [0.25, 0.3) is 5.91 Å². The standard InChI is InChI=1S/C14H13F3N2O3/c15-14(16,17)11-8(4-5-22-11)13(21)19-10-3-1-2-7-9(10)6-18-12(7)20/h1-3,8,11H,4-6H2,(H,18,20)(H,19,21)/t8-,11-/m1/s1. The lowest BCUT2D eigenvalue weighted by Gasteiger charge is -2.21. The topological polar surface area (TPSA) is 67.4 Å². The fraction of sp³-hybridized carbons (Fsp3) is 0.429. The number of nitrogens with one attached hydrogen (secondary N) is 2. The number of anilines is 1. The number of fused-ring (bicyclic) bond motifs is 1. The Bertz CT molecular complexity index is 630. The zero-order valence-electron chi connectivity index (χ0n) is 11.4. The summed E-state index contributed by atoms with van der Waals surface area (Å²) in [4.78, 5) is 23.7. The van der Waals surface area contributed by atoms with Crippen LogP contribution >= 0.6 is 0 Å². The van der Waals surface area contributed by atoms with E-state index in [9.17, 15) is 22.8 Å². The molecule has 2 amide bonds. The minimum absolute atomic E-state index is 0.0161. The molecule has 118 valence electrons. The Labute approximate surface area is 123 Å². The van der Waals surface area contributed by atoms with Crippen molar-refractivity contribution in [2.24, 2.45) is 5.92 Å². The molecule has 0 spiro atoms. The van der Waals surface area contributed by atoms with E-state index in [-0.39, 0.29) is 25.5 Å². The lowest BCUT2D eigenvalue weighted by atomic mass is 9.99. The quantitative estimate of drug-likeness (QED) is 0.875. The van der Waals surface area contributed by atoms with Gasteiger partial charge in [-0.1, -0.05) is 6.07 Å². The molecule has 2 heterocycles. The average molecular weight is 314 g/mol. The number of ether oxygens (including phenoxy) is 1. The number of hydrogen-bond acceptors (Lipinski definition) is 3. The predicted octanol–water partition coefficient (Wildman–Crippen LogP) is 1.84. The van der Waals surface area contributed by atoms with Crippen LogP contribution in [0.5, 0.6) is 0 Å². The summed E-state index contributed by atoms with van der Waals surface area (Å²) in [5.41, 5.74) is 1.37. The molecule has 22 heavy (non-hydrogen) atoms. The van der Waals surface area contributed by atoms with E-state index in [0.29, 0.717) is 16.8 Å². The second-order valence-electron chi connectivity index (χ2n) is 5.23. The molecule has 2 aliphatic heterocycles. The molecule has 1 saturated heterocycles. The Morgan fingerprint density at radius 3 is 2.86 bits per heavy atom. The Balaban J connectivity index is 1.80. The van der Waals surface area contributed by atoms with Gasteiger partial charge in [-0.3, -0.25) is 9.59 Å². The third-order valence-corrected chi connectivity index (χ3v) is 3.86. The first-order chi connectivity index (χ1) is 10.4. The number of rotatable bonds is 2. The molecule has 0 bridgehead atoms. The van der Waals surface area contributed by atoms with Crippen molar-refractivity contribution in [2.45, 2.75) is 25.2 Å². The van der Waals surface area contributed by atoms with Gasteiger partial charge in [0.15, 0.2) is 6.10 Å². The van der Waals surface area contributed by atoms with Crippen molar-refractivity contribution in [3.63, 3.8) is 0 Å². The van der Waals surface area contributed by atoms with Gasteiger partial charge >= 0.3 is 6.18 Å². The van der Waals surface area contributed by atoms with Crippen LogP contribution < -0.4 is 10.6 Å². The monoisotopic (exact) mass is 314 g/mol. The summed E-state index contributed by atoms with van der Waals surface area (Å²) < 4.78 is 43.1. The van der Waals surface area contributed by atoms with E-state index in [2.05, 4.69) is 15.4 Å². The molecule has 0 unspecified atom stereocenters. The molecular formula is C14H13F3N2O3. The minimum atomic E-state index is -4.57. The molecule has 1 aromatic carbocycles. The van der Waals surface area contributed by atoms with Gasteiger partial charge in [0.05, 0.1) is 5.92 Å². The Hall–Kier alpha value is -2.09. The summed E-state index contributed by atoms with van der Waals surface area (Å²) in [5, 5.41) is 5.10. The zero-order valence-corrected chi connectivity index (χ0v) is 11.4. The molecule has 0 aliphatic carbocycles. The van der Waals surface area contributed by atoms with E-state index in [1.807, 2.05) is 0 Å². The van der Waals surface area contributed by atoms with E-state index in [0.717, 1.165) is 0 Å². The van der Waals surface area contributed by atoms with Gasteiger partial charge in [0, 0.05) is 30.0 Å². The first kappa shape index (κ1) is 14.8. The lowest BCUT2D eigenvalue weighted by molar-refractivity contribution is -0.216. The molecule has 2 aliphatic rings. The van der Waals surface area contributed by atoms with Crippen molar-refractivity contribution in [2.75, 3.05) is 11.9 Å². The number of halogens is 3. The molecule has 2 atom stereocenters. The van der Waals surface area contributed by atoms with Gasteiger partial charge in [-0.2, -0.15) is 13.2 Å². The molecule has 0 saturated carbocycles. The zero-order chi connectivity index (χ0) is 15.9. The molecule has 1 aromatic rings. The Morgan fingerprint density at radius 2 is 2.14 bits per heavy atom. The van der Waals surface area contributed by atoms with Crippen molar-refractivity contribution in [1.29, 1.82) is 0 Å². The highest BCUT2D eigenvalue weighted by Crippen LogP contribution is 2.35. The van der Waals surface area contributed by atoms with Crippen molar-refractivity contribution in [1.82, 2.24) is 5.32 Å². The number of carbonyl (C=O) groups excluding carboxylic acids is 2. The van der Waals surface area contributed by atoms with E-state index < -0.39 is 24.1 Å². The van der Waals surface area contributed by atoms with E-state index in [1.165, 1.54) is 0 Å². The second kappa shape index (κ2) is 5.28. The van der Waals surface area contributed by atoms with Crippen LogP contribution in [-0.4, -0.2) is 30.7 Å². The van der Waals surface area contributed by atoms with Gasteiger partial charge in [-0.15, -0.1) is 0 Å². The molecule has 2 N–H and O–H groups in total. The van der Waals surface area contributed by atoms with Gasteiger partial charge in [-0.25, -0.2) is 0 Å². The Kier molecular flexibility index (Phi) is 3.56. The summed E-state index contributed by atoms with van der Waals surface area (Å²) in [7, 11) is 0. The van der Waals surface area contributed by atoms with Gasteiger partial charge in [0.1, 0.15) is 0 Å². The normalized spacial score (nSPS) is 24.0. The number of alkyl halides is 3. The van der Waals surface area contributed by atoms with Crippen LogP contribution in [-0.2, 0) is 16.1 Å². The predicted molar refractivity (Wildman–Crippen MR) is 70.1 cm³/mol. The fourth-order valence-corrected chi connectivity index (χ4v) is 2.78. The van der Waals surface area contributed by atoms with Crippen molar-refractivity contribution < 1.29 is 27.5 Å². The lowest BCUT2D eigenvalue weighted by Crippen LogP contribution is -2.39. The van der Waals surface area contributed by atoms with Gasteiger partial charge < -0.3 is 15.4 Å². The highest BCUT2D eigenvalue weighted by atomic mass is 19.4. The second-order valence-corrected chi connectivity index (χ2v) is 5.23. The summed E-state index contributed by atoms with van der Waals surface area (Å²) in [5.74, 6) is -2.28. The number of hydrogen-bond donors (Lipinski definition) is 2. The van der Waals surface area contributed by atoms with Crippen molar-refractivity contribution in [3.8, 4) is 0 Å². The van der Waals surface area contributed by atoms with Gasteiger partial charge in [0.2, 0.25) is 5.91 Å². The summed E-state index contributed by atoms with van der Waals surface area (Å²) in [6.45, 7) is 0.143. The number of benzene rings is 1. The van der Waals surface area contributed by atoms with Crippen LogP contribution in [0.3, 0.4) is 0 Å². The summed E-state index contributed by atoms with van der Waals surface area (Å²) in [6.07, 6.45) is -6.64. The molecule has 5 nitrogen and oxygen atoms in total. The maximum absolute atomic E-state index is 12.8. The smallest absolute Gasteiger partial charge is 0.368 e. The van der Waals surface area contributed by atoms with Crippen molar-refractivity contribution >= 4 is 17.5 Å². The molecular weight excluding hydrogens is 301 g/mol. The number of carbonyl (C=O) groups is 2. The first-order valence-electron chi connectivity index (χ1n) is 6.77. The first-order valence-corrected chi connectivity index (χ1v) is 6.77. The Morgan fingerprint density at radius 1 is 1.36 bits per heavy atom. The van der Waals surface area contributed by atoms with Crippen LogP contribution in [0.1, 0.15) is 22.3 Å². The van der Waals surface area contributed by atoms with E-state index in [4.69, 9.17) is 0 Å². The highest BCUT2D eigenvalue weighted by Gasteiger charge is 2.51. The van der Waals surface area contributed by atoms with E-state index in [1.54, 1.807) is 18.2 Å². The molecule has 1 fully saturated rings. The SMILES string of the molecule is O=C1NCc2c(NC(=O)[C@@H]3CCO[C@H]3C(F)(F)F)cccc21.